The summed E-state index contributed by atoms with van der Waals surface area (Å²) < 4.78 is 0. The van der Waals surface area contributed by atoms with Crippen LogP contribution in [0.3, 0.4) is 0 Å². The van der Waals surface area contributed by atoms with Crippen molar-refractivity contribution in [2.45, 2.75) is 58.3 Å². The van der Waals surface area contributed by atoms with E-state index in [0.29, 0.717) is 0 Å². The molecule has 0 heteroatoms. The molecule has 21 heavy (non-hydrogen) atoms. The number of hydrogen-bond acceptors (Lipinski definition) is 0. The molecule has 0 radical (unpaired) electrons. The first-order chi connectivity index (χ1) is 10.4. The van der Waals surface area contributed by atoms with E-state index in [2.05, 4.69) is 61.5 Å². The molecule has 0 bridgehead atoms. The third-order valence-electron chi connectivity index (χ3n) is 4.06. The molecule has 0 atom stereocenters. The Morgan fingerprint density at radius 2 is 1.29 bits per heavy atom. The lowest BCUT2D eigenvalue weighted by Crippen LogP contribution is -1.91. The van der Waals surface area contributed by atoms with Gasteiger partial charge in [-0.15, -0.1) is 0 Å². The van der Waals surface area contributed by atoms with Crippen molar-refractivity contribution >= 4 is 0 Å². The second-order valence-corrected chi connectivity index (χ2v) is 6.00. The fourth-order valence-corrected chi connectivity index (χ4v) is 2.84. The van der Waals surface area contributed by atoms with E-state index in [1.54, 1.807) is 0 Å². The molecule has 0 amide bonds. The molecular weight excluding hydrogens is 252 g/mol. The van der Waals surface area contributed by atoms with E-state index in [-0.39, 0.29) is 0 Å². The maximum atomic E-state index is 2.39. The molecule has 0 aliphatic heterocycles. The Kier molecular flexibility index (Phi) is 7.07. The molecule has 2 aromatic carbocycles. The van der Waals surface area contributed by atoms with Crippen molar-refractivity contribution in [2.24, 2.45) is 0 Å². The van der Waals surface area contributed by atoms with Gasteiger partial charge in [-0.25, -0.2) is 0 Å². The summed E-state index contributed by atoms with van der Waals surface area (Å²) in [5.74, 6) is 0. The highest BCUT2D eigenvalue weighted by Crippen LogP contribution is 2.14. The molecule has 2 rings (SSSR count). The van der Waals surface area contributed by atoms with Gasteiger partial charge in [0.1, 0.15) is 0 Å². The molecule has 0 fully saturated rings. The fourth-order valence-electron chi connectivity index (χ4n) is 2.84. The predicted molar refractivity (Wildman–Crippen MR) is 92.8 cm³/mol. The van der Waals surface area contributed by atoms with Crippen molar-refractivity contribution in [1.82, 2.24) is 0 Å². The number of benzene rings is 2. The Morgan fingerprint density at radius 3 is 2.10 bits per heavy atom. The normalized spacial score (nSPS) is 10.7. The van der Waals surface area contributed by atoms with Crippen molar-refractivity contribution in [2.75, 3.05) is 0 Å². The minimum Gasteiger partial charge on any atom is -0.0654 e. The largest absolute Gasteiger partial charge is 0.0654 e. The van der Waals surface area contributed by atoms with Crippen molar-refractivity contribution in [3.63, 3.8) is 0 Å². The van der Waals surface area contributed by atoms with Crippen LogP contribution in [0.25, 0.3) is 0 Å². The molecular formula is C21H28. The molecule has 0 aromatic heterocycles. The molecule has 2 aromatic rings. The molecule has 0 aliphatic carbocycles. The standard InChI is InChI=1S/C21H28/c1-2-3-4-5-6-8-12-20-15-11-16-21(18-20)17-19-13-9-7-10-14-19/h7,9-11,13-16,18H,2-6,8,12,17H2,1H3. The van der Waals surface area contributed by atoms with Crippen LogP contribution in [0, 0.1) is 0 Å². The summed E-state index contributed by atoms with van der Waals surface area (Å²) in [4.78, 5) is 0. The van der Waals surface area contributed by atoms with E-state index in [9.17, 15) is 0 Å². The average molecular weight is 280 g/mol. The SMILES string of the molecule is CCCCCCCCc1cccc(Cc2ccccc2)c1. The Bertz CT molecular complexity index is 498. The van der Waals surface area contributed by atoms with E-state index in [1.807, 2.05) is 0 Å². The summed E-state index contributed by atoms with van der Waals surface area (Å²) in [7, 11) is 0. The van der Waals surface area contributed by atoms with Gasteiger partial charge in [0.25, 0.3) is 0 Å². The van der Waals surface area contributed by atoms with Crippen LogP contribution in [-0.2, 0) is 12.8 Å². The zero-order valence-corrected chi connectivity index (χ0v) is 13.4. The van der Waals surface area contributed by atoms with Crippen LogP contribution in [0.4, 0.5) is 0 Å². The first-order valence-corrected chi connectivity index (χ1v) is 8.50. The van der Waals surface area contributed by atoms with Gasteiger partial charge in [0.2, 0.25) is 0 Å². The average Bonchev–Trinajstić information content (AvgIpc) is 2.52. The van der Waals surface area contributed by atoms with Crippen molar-refractivity contribution in [1.29, 1.82) is 0 Å². The highest BCUT2D eigenvalue weighted by Gasteiger charge is 1.99. The summed E-state index contributed by atoms with van der Waals surface area (Å²) in [6.07, 6.45) is 10.5. The molecule has 0 N–H and O–H groups in total. The van der Waals surface area contributed by atoms with Crippen LogP contribution in [0.2, 0.25) is 0 Å². The third-order valence-corrected chi connectivity index (χ3v) is 4.06. The van der Waals surface area contributed by atoms with Gasteiger partial charge >= 0.3 is 0 Å². The topological polar surface area (TPSA) is 0 Å². The van der Waals surface area contributed by atoms with Crippen molar-refractivity contribution < 1.29 is 0 Å². The summed E-state index contributed by atoms with van der Waals surface area (Å²) >= 11 is 0. The van der Waals surface area contributed by atoms with Gasteiger partial charge in [-0.3, -0.25) is 0 Å². The van der Waals surface area contributed by atoms with E-state index in [4.69, 9.17) is 0 Å². The van der Waals surface area contributed by atoms with Crippen LogP contribution in [0.1, 0.15) is 62.1 Å². The molecule has 0 nitrogen and oxygen atoms in total. The zero-order valence-electron chi connectivity index (χ0n) is 13.4. The van der Waals surface area contributed by atoms with E-state index >= 15 is 0 Å². The second-order valence-electron chi connectivity index (χ2n) is 6.00. The van der Waals surface area contributed by atoms with E-state index < -0.39 is 0 Å². The van der Waals surface area contributed by atoms with Gasteiger partial charge in [-0.2, -0.15) is 0 Å². The van der Waals surface area contributed by atoms with E-state index in [1.165, 1.54) is 61.6 Å². The van der Waals surface area contributed by atoms with Crippen LogP contribution >= 0.6 is 0 Å². The molecule has 0 saturated heterocycles. The number of rotatable bonds is 9. The fraction of sp³-hybridized carbons (Fsp3) is 0.429. The Labute approximate surface area is 130 Å². The van der Waals surface area contributed by atoms with Crippen molar-refractivity contribution in [3.05, 3.63) is 71.3 Å². The lowest BCUT2D eigenvalue weighted by molar-refractivity contribution is 0.607. The van der Waals surface area contributed by atoms with E-state index in [0.717, 1.165) is 6.42 Å². The van der Waals surface area contributed by atoms with Gasteiger partial charge in [0, 0.05) is 0 Å². The molecule has 0 heterocycles. The molecule has 0 aliphatic rings. The highest BCUT2D eigenvalue weighted by molar-refractivity contribution is 5.29. The lowest BCUT2D eigenvalue weighted by atomic mass is 10.00. The molecule has 112 valence electrons. The smallest absolute Gasteiger partial charge is 0.00257 e. The first-order valence-electron chi connectivity index (χ1n) is 8.50. The van der Waals surface area contributed by atoms with Crippen molar-refractivity contribution in [3.8, 4) is 0 Å². The highest BCUT2D eigenvalue weighted by atomic mass is 14.0. The number of hydrogen-bond donors (Lipinski definition) is 0. The van der Waals surface area contributed by atoms with Gasteiger partial charge in [-0.1, -0.05) is 93.6 Å². The number of aryl methyl sites for hydroxylation is 1. The maximum Gasteiger partial charge on any atom is -0.00257 e. The maximum absolute atomic E-state index is 2.39. The lowest BCUT2D eigenvalue weighted by Gasteiger charge is -2.06. The molecule has 0 spiro atoms. The summed E-state index contributed by atoms with van der Waals surface area (Å²) in [5, 5.41) is 0. The second kappa shape index (κ2) is 9.39. The predicted octanol–water partition coefficient (Wildman–Crippen LogP) is 6.18. The Morgan fingerprint density at radius 1 is 0.619 bits per heavy atom. The van der Waals surface area contributed by atoms with Gasteiger partial charge < -0.3 is 0 Å². The van der Waals surface area contributed by atoms with Crippen LogP contribution < -0.4 is 0 Å². The van der Waals surface area contributed by atoms with Crippen LogP contribution in [0.5, 0.6) is 0 Å². The number of unbranched alkanes of at least 4 members (excludes halogenated alkanes) is 5. The van der Waals surface area contributed by atoms with Gasteiger partial charge in [0.15, 0.2) is 0 Å². The Hall–Kier alpha value is -1.56. The molecule has 0 saturated carbocycles. The summed E-state index contributed by atoms with van der Waals surface area (Å²) in [6.45, 7) is 2.28. The zero-order chi connectivity index (χ0) is 14.8. The first kappa shape index (κ1) is 15.8. The Balaban J connectivity index is 1.78. The van der Waals surface area contributed by atoms with Gasteiger partial charge in [0.05, 0.1) is 0 Å². The quantitative estimate of drug-likeness (QED) is 0.481. The summed E-state index contributed by atoms with van der Waals surface area (Å²) in [5.41, 5.74) is 4.33. The minimum atomic E-state index is 1.05. The third kappa shape index (κ3) is 6.16. The monoisotopic (exact) mass is 280 g/mol. The summed E-state index contributed by atoms with van der Waals surface area (Å²) in [6, 6.07) is 19.9. The van der Waals surface area contributed by atoms with Gasteiger partial charge in [-0.05, 0) is 36.0 Å². The van der Waals surface area contributed by atoms with Crippen LogP contribution in [-0.4, -0.2) is 0 Å². The van der Waals surface area contributed by atoms with Crippen LogP contribution in [0.15, 0.2) is 54.6 Å². The minimum absolute atomic E-state index is 1.05. The molecule has 0 unspecified atom stereocenters.